The zero-order valence-corrected chi connectivity index (χ0v) is 7.89. The molecule has 6 nitrogen and oxygen atoms in total. The maximum atomic E-state index is 5.47. The second kappa shape index (κ2) is 3.59. The van der Waals surface area contributed by atoms with Gasteiger partial charge in [0, 0.05) is 6.07 Å². The van der Waals surface area contributed by atoms with Crippen molar-refractivity contribution in [1.82, 2.24) is 20.1 Å². The van der Waals surface area contributed by atoms with E-state index in [2.05, 4.69) is 24.6 Å². The van der Waals surface area contributed by atoms with Gasteiger partial charge in [0.1, 0.15) is 12.0 Å². The van der Waals surface area contributed by atoms with Crippen LogP contribution in [0.1, 0.15) is 0 Å². The first-order valence-corrected chi connectivity index (χ1v) is 4.03. The molecule has 0 aliphatic heterocycles. The normalized spacial score (nSPS) is 10.1. The summed E-state index contributed by atoms with van der Waals surface area (Å²) in [6.07, 6.45) is 1.35. The summed E-state index contributed by atoms with van der Waals surface area (Å²) >= 11 is 5.47. The summed E-state index contributed by atoms with van der Waals surface area (Å²) in [7, 11) is 1.51. The van der Waals surface area contributed by atoms with Gasteiger partial charge in [-0.15, -0.1) is 0 Å². The van der Waals surface area contributed by atoms with Crippen molar-refractivity contribution in [2.24, 2.45) is 0 Å². The molecule has 0 aliphatic rings. The lowest BCUT2D eigenvalue weighted by molar-refractivity contribution is 0.396. The van der Waals surface area contributed by atoms with Crippen LogP contribution in [-0.4, -0.2) is 27.2 Å². The topological polar surface area (TPSA) is 73.9 Å². The first-order valence-electron chi connectivity index (χ1n) is 3.65. The molecule has 2 heterocycles. The van der Waals surface area contributed by atoms with Gasteiger partial charge in [-0.1, -0.05) is 5.16 Å². The Hall–Kier alpha value is -1.69. The van der Waals surface area contributed by atoms with Crippen LogP contribution in [0.15, 0.2) is 16.9 Å². The second-order valence-electron chi connectivity index (χ2n) is 2.32. The summed E-state index contributed by atoms with van der Waals surface area (Å²) in [5.41, 5.74) is 0.493. The van der Waals surface area contributed by atoms with Crippen LogP contribution in [0.3, 0.4) is 0 Å². The lowest BCUT2D eigenvalue weighted by Gasteiger charge is -1.97. The van der Waals surface area contributed by atoms with Gasteiger partial charge < -0.3 is 9.26 Å². The van der Waals surface area contributed by atoms with Crippen LogP contribution >= 0.6 is 11.6 Å². The highest BCUT2D eigenvalue weighted by Crippen LogP contribution is 2.17. The van der Waals surface area contributed by atoms with Crippen molar-refractivity contribution in [2.45, 2.75) is 0 Å². The fourth-order valence-electron chi connectivity index (χ4n) is 0.882. The Bertz CT molecular complexity index is 445. The third-order valence-corrected chi connectivity index (χ3v) is 1.63. The highest BCUT2D eigenvalue weighted by Gasteiger charge is 2.09. The molecular formula is C7H5ClN4O2. The van der Waals surface area contributed by atoms with Crippen molar-refractivity contribution >= 4 is 11.6 Å². The van der Waals surface area contributed by atoms with E-state index in [9.17, 15) is 0 Å². The quantitative estimate of drug-likeness (QED) is 0.745. The Morgan fingerprint density at radius 3 is 2.93 bits per heavy atom. The molecule has 0 atom stereocenters. The van der Waals surface area contributed by atoms with E-state index in [1.807, 2.05) is 0 Å². The average molecular weight is 213 g/mol. The number of nitrogens with zero attached hydrogens (tertiary/aromatic N) is 4. The lowest BCUT2D eigenvalue weighted by atomic mass is 10.4. The van der Waals surface area contributed by atoms with Crippen molar-refractivity contribution in [1.29, 1.82) is 0 Å². The third-order valence-electron chi connectivity index (χ3n) is 1.48. The van der Waals surface area contributed by atoms with Crippen molar-refractivity contribution in [3.8, 4) is 17.4 Å². The Morgan fingerprint density at radius 2 is 2.29 bits per heavy atom. The Kier molecular flexibility index (Phi) is 2.28. The number of halogens is 1. The van der Waals surface area contributed by atoms with Gasteiger partial charge in [-0.05, 0) is 11.6 Å². The van der Waals surface area contributed by atoms with Crippen molar-refractivity contribution < 1.29 is 9.26 Å². The van der Waals surface area contributed by atoms with Crippen molar-refractivity contribution in [3.05, 3.63) is 17.7 Å². The fourth-order valence-corrected chi connectivity index (χ4v) is 0.997. The molecular weight excluding hydrogens is 208 g/mol. The highest BCUT2D eigenvalue weighted by molar-refractivity contribution is 6.27. The van der Waals surface area contributed by atoms with Gasteiger partial charge in [-0.25, -0.2) is 9.97 Å². The van der Waals surface area contributed by atoms with Gasteiger partial charge >= 0.3 is 5.35 Å². The summed E-state index contributed by atoms with van der Waals surface area (Å²) in [6, 6.07) is 1.58. The largest absolute Gasteiger partial charge is 0.481 e. The average Bonchev–Trinajstić information content (AvgIpc) is 2.65. The van der Waals surface area contributed by atoms with Gasteiger partial charge in [0.2, 0.25) is 11.7 Å². The minimum absolute atomic E-state index is 0.0300. The van der Waals surface area contributed by atoms with Crippen molar-refractivity contribution in [3.63, 3.8) is 0 Å². The second-order valence-corrected chi connectivity index (χ2v) is 2.64. The molecule has 0 radical (unpaired) electrons. The van der Waals surface area contributed by atoms with Crippen LogP contribution < -0.4 is 4.74 Å². The van der Waals surface area contributed by atoms with E-state index in [1.165, 1.54) is 13.4 Å². The molecule has 7 heteroatoms. The van der Waals surface area contributed by atoms with Crippen LogP contribution in [0.25, 0.3) is 11.5 Å². The van der Waals surface area contributed by atoms with Gasteiger partial charge in [0.15, 0.2) is 0 Å². The zero-order valence-electron chi connectivity index (χ0n) is 7.14. The SMILES string of the molecule is COc1cc(-c2noc(Cl)n2)ncn1. The molecule has 0 saturated heterocycles. The zero-order chi connectivity index (χ0) is 9.97. The summed E-state index contributed by atoms with van der Waals surface area (Å²) in [4.78, 5) is 11.6. The minimum Gasteiger partial charge on any atom is -0.481 e. The Labute approximate surface area is 83.9 Å². The van der Waals surface area contributed by atoms with Crippen LogP contribution in [0, 0.1) is 0 Å². The minimum atomic E-state index is -0.0300. The van der Waals surface area contributed by atoms with Crippen LogP contribution in [0.5, 0.6) is 5.88 Å². The number of hydrogen-bond acceptors (Lipinski definition) is 6. The molecule has 0 saturated carbocycles. The van der Waals surface area contributed by atoms with Gasteiger partial charge in [-0.2, -0.15) is 4.98 Å². The van der Waals surface area contributed by atoms with E-state index in [1.54, 1.807) is 6.07 Å². The van der Waals surface area contributed by atoms with E-state index in [0.717, 1.165) is 0 Å². The Morgan fingerprint density at radius 1 is 1.43 bits per heavy atom. The molecule has 0 fully saturated rings. The molecule has 0 unspecified atom stereocenters. The van der Waals surface area contributed by atoms with E-state index in [4.69, 9.17) is 16.3 Å². The van der Waals surface area contributed by atoms with E-state index in [0.29, 0.717) is 17.4 Å². The standard InChI is InChI=1S/C7H5ClN4O2/c1-13-5-2-4(9-3-10-5)6-11-7(8)14-12-6/h2-3H,1H3. The monoisotopic (exact) mass is 212 g/mol. The summed E-state index contributed by atoms with van der Waals surface area (Å²) in [5.74, 6) is 0.728. The highest BCUT2D eigenvalue weighted by atomic mass is 35.5. The molecule has 0 amide bonds. The van der Waals surface area contributed by atoms with Crippen LogP contribution in [0.4, 0.5) is 0 Å². The maximum absolute atomic E-state index is 5.47. The first kappa shape index (κ1) is 8.89. The van der Waals surface area contributed by atoms with E-state index < -0.39 is 0 Å². The van der Waals surface area contributed by atoms with E-state index >= 15 is 0 Å². The number of ether oxygens (including phenoxy) is 1. The molecule has 72 valence electrons. The van der Waals surface area contributed by atoms with E-state index in [-0.39, 0.29) is 5.35 Å². The molecule has 14 heavy (non-hydrogen) atoms. The number of hydrogen-bond donors (Lipinski definition) is 0. The van der Waals surface area contributed by atoms with Crippen LogP contribution in [-0.2, 0) is 0 Å². The van der Waals surface area contributed by atoms with Crippen LogP contribution in [0.2, 0.25) is 5.35 Å². The lowest BCUT2D eigenvalue weighted by Crippen LogP contribution is -1.91. The summed E-state index contributed by atoms with van der Waals surface area (Å²) < 4.78 is 9.51. The molecule has 0 N–H and O–H groups in total. The molecule has 2 rings (SSSR count). The molecule has 0 bridgehead atoms. The van der Waals surface area contributed by atoms with Gasteiger partial charge in [0.25, 0.3) is 0 Å². The summed E-state index contributed by atoms with van der Waals surface area (Å²) in [5, 5.41) is 3.57. The van der Waals surface area contributed by atoms with Gasteiger partial charge in [-0.3, -0.25) is 0 Å². The van der Waals surface area contributed by atoms with Crippen molar-refractivity contribution in [2.75, 3.05) is 7.11 Å². The smallest absolute Gasteiger partial charge is 0.320 e. The van der Waals surface area contributed by atoms with Gasteiger partial charge in [0.05, 0.1) is 7.11 Å². The number of methoxy groups -OCH3 is 1. The predicted octanol–water partition coefficient (Wildman–Crippen LogP) is 1.19. The first-order chi connectivity index (χ1) is 6.79. The maximum Gasteiger partial charge on any atom is 0.320 e. The number of aromatic nitrogens is 4. The molecule has 0 aromatic carbocycles. The third kappa shape index (κ3) is 1.64. The molecule has 0 aliphatic carbocycles. The predicted molar refractivity (Wildman–Crippen MR) is 46.9 cm³/mol. The molecule has 2 aromatic rings. The summed E-state index contributed by atoms with van der Waals surface area (Å²) in [6.45, 7) is 0. The molecule has 0 spiro atoms. The number of rotatable bonds is 2. The fraction of sp³-hybridized carbons (Fsp3) is 0.143. The Balaban J connectivity index is 2.41. The molecule has 2 aromatic heterocycles.